The van der Waals surface area contributed by atoms with Crippen LogP contribution in [0.1, 0.15) is 29.7 Å². The van der Waals surface area contributed by atoms with Crippen molar-refractivity contribution in [3.8, 4) is 0 Å². The second-order valence-corrected chi connectivity index (χ2v) is 10.9. The molecule has 0 saturated heterocycles. The Labute approximate surface area is 137 Å². The van der Waals surface area contributed by atoms with Gasteiger partial charge in [-0.2, -0.15) is 0 Å². The number of hydrogen-bond donors (Lipinski definition) is 1. The lowest BCUT2D eigenvalue weighted by atomic mass is 10.1. The van der Waals surface area contributed by atoms with Crippen LogP contribution < -0.4 is 0 Å². The normalized spacial score (nSPS) is 11.4. The number of halogens is 4. The summed E-state index contributed by atoms with van der Waals surface area (Å²) >= 11 is 12.9. The Hall–Kier alpha value is 1.16. The molecule has 0 saturated carbocycles. The highest BCUT2D eigenvalue weighted by atomic mass is 79.9. The van der Waals surface area contributed by atoms with Crippen molar-refractivity contribution < 1.29 is 5.11 Å². The summed E-state index contributed by atoms with van der Waals surface area (Å²) in [6.45, 7) is 0.300. The number of aliphatic hydroxyl groups excluding tert-OH is 1. The quantitative estimate of drug-likeness (QED) is 0.329. The van der Waals surface area contributed by atoms with E-state index in [1.807, 2.05) is 6.07 Å². The minimum Gasteiger partial charge on any atom is -0.396 e. The van der Waals surface area contributed by atoms with Crippen LogP contribution in [0.3, 0.4) is 0 Å². The van der Waals surface area contributed by atoms with E-state index in [4.69, 9.17) is 5.11 Å². The molecule has 96 valence electrons. The van der Waals surface area contributed by atoms with Crippen LogP contribution in [0.25, 0.3) is 0 Å². The molecular weight excluding hydrogens is 479 g/mol. The molecule has 0 aromatic heterocycles. The number of unbranched alkanes of at least 4 members (excludes halogenated alkanes) is 1. The van der Waals surface area contributed by atoms with E-state index in [1.54, 1.807) is 0 Å². The predicted molar refractivity (Wildman–Crippen MR) is 91.6 cm³/mol. The second kappa shape index (κ2) is 12.2. The number of benzene rings is 1. The van der Waals surface area contributed by atoms with Gasteiger partial charge < -0.3 is 5.11 Å². The summed E-state index contributed by atoms with van der Waals surface area (Å²) in [6.07, 6.45) is 3.06. The molecule has 17 heavy (non-hydrogen) atoms. The molecule has 0 aliphatic carbocycles. The van der Waals surface area contributed by atoms with Gasteiger partial charge in [0.1, 0.15) is 0 Å². The summed E-state index contributed by atoms with van der Waals surface area (Å²) in [5.41, 5.74) is 1.32. The van der Waals surface area contributed by atoms with Gasteiger partial charge in [0, 0.05) is 11.4 Å². The Morgan fingerprint density at radius 1 is 1.06 bits per heavy atom. The summed E-state index contributed by atoms with van der Waals surface area (Å²) < 4.78 is 0.271. The van der Waals surface area contributed by atoms with E-state index in [2.05, 4.69) is 87.5 Å². The van der Waals surface area contributed by atoms with Crippen molar-refractivity contribution in [2.75, 3.05) is 6.61 Å². The summed E-state index contributed by atoms with van der Waals surface area (Å²) in [6, 6.07) is 10.4. The van der Waals surface area contributed by atoms with Crippen molar-refractivity contribution in [2.24, 2.45) is 0 Å². The zero-order valence-corrected chi connectivity index (χ0v) is 15.7. The highest BCUT2D eigenvalue weighted by molar-refractivity contribution is 9.69. The molecule has 1 N–H and O–H groups in total. The van der Waals surface area contributed by atoms with Crippen molar-refractivity contribution in [1.29, 1.82) is 0 Å². The molecule has 0 spiro atoms. The van der Waals surface area contributed by atoms with E-state index in [0.29, 0.717) is 11.4 Å². The van der Waals surface area contributed by atoms with Gasteiger partial charge in [0.15, 0.2) is 0 Å². The lowest BCUT2D eigenvalue weighted by Gasteiger charge is -2.08. The van der Waals surface area contributed by atoms with E-state index >= 15 is 0 Å². The SMILES string of the molecule is BrB(Br)Br.OCCCCC(Br)c1ccccc1. The Kier molecular flexibility index (Phi) is 13.0. The average molecular weight is 494 g/mol. The van der Waals surface area contributed by atoms with E-state index in [9.17, 15) is 0 Å². The monoisotopic (exact) mass is 490 g/mol. The first kappa shape index (κ1) is 18.2. The van der Waals surface area contributed by atoms with Crippen LogP contribution in [0.15, 0.2) is 30.3 Å². The molecule has 0 amide bonds. The fraction of sp³-hybridized carbons (Fsp3) is 0.455. The van der Waals surface area contributed by atoms with Gasteiger partial charge in [0.2, 0.25) is 0 Å². The standard InChI is InChI=1S/C11H15BrO.BBr3/c12-11(8-4-5-9-13)10-6-2-1-3-7-10;2-1(3)4/h1-3,6-7,11,13H,4-5,8-9H2;. The number of alkyl halides is 1. The highest BCUT2D eigenvalue weighted by Gasteiger charge is 2.05. The smallest absolute Gasteiger partial charge is 0.369 e. The Balaban J connectivity index is 0.000000557. The molecule has 0 heterocycles. The van der Waals surface area contributed by atoms with Gasteiger partial charge in [0.25, 0.3) is 0 Å². The van der Waals surface area contributed by atoms with Crippen LogP contribution in [-0.2, 0) is 0 Å². The van der Waals surface area contributed by atoms with Gasteiger partial charge in [-0.25, -0.2) is 0 Å². The molecule has 1 nitrogen and oxygen atoms in total. The van der Waals surface area contributed by atoms with Gasteiger partial charge in [-0.1, -0.05) is 46.3 Å². The maximum Gasteiger partial charge on any atom is 0.369 e. The first-order valence-electron chi connectivity index (χ1n) is 5.30. The summed E-state index contributed by atoms with van der Waals surface area (Å²) in [5, 5.41) is 8.63. The molecule has 0 fully saturated rings. The molecule has 1 unspecified atom stereocenters. The lowest BCUT2D eigenvalue weighted by molar-refractivity contribution is 0.283. The molecule has 1 aromatic carbocycles. The molecule has 0 aliphatic heterocycles. The fourth-order valence-electron chi connectivity index (χ4n) is 1.26. The van der Waals surface area contributed by atoms with Crippen LogP contribution in [0, 0.1) is 0 Å². The largest absolute Gasteiger partial charge is 0.396 e. The minimum atomic E-state index is 0.271. The molecular formula is C11H15BBr4O. The van der Waals surface area contributed by atoms with Crippen LogP contribution in [0.4, 0.5) is 0 Å². The number of aliphatic hydroxyl groups is 1. The molecule has 1 atom stereocenters. The first-order chi connectivity index (χ1) is 8.07. The third-order valence-corrected chi connectivity index (χ3v) is 3.01. The van der Waals surface area contributed by atoms with Gasteiger partial charge in [-0.15, -0.1) is 47.3 Å². The second-order valence-electron chi connectivity index (χ2n) is 3.35. The van der Waals surface area contributed by atoms with Crippen LogP contribution in [0.5, 0.6) is 0 Å². The zero-order valence-electron chi connectivity index (χ0n) is 9.33. The lowest BCUT2D eigenvalue weighted by Crippen LogP contribution is -1.91. The zero-order chi connectivity index (χ0) is 13.1. The number of rotatable bonds is 5. The highest BCUT2D eigenvalue weighted by Crippen LogP contribution is 2.27. The molecule has 1 aromatic rings. The summed E-state index contributed by atoms with van der Waals surface area (Å²) in [7, 11) is 0. The van der Waals surface area contributed by atoms with Crippen molar-refractivity contribution in [3.63, 3.8) is 0 Å². The van der Waals surface area contributed by atoms with E-state index in [1.165, 1.54) is 5.56 Å². The van der Waals surface area contributed by atoms with E-state index < -0.39 is 0 Å². The van der Waals surface area contributed by atoms with Gasteiger partial charge in [-0.3, -0.25) is 0 Å². The number of hydrogen-bond acceptors (Lipinski definition) is 1. The Morgan fingerprint density at radius 3 is 2.06 bits per heavy atom. The average Bonchev–Trinajstić information content (AvgIpc) is 2.30. The van der Waals surface area contributed by atoms with Crippen LogP contribution in [0.2, 0.25) is 0 Å². The molecule has 0 bridgehead atoms. The Morgan fingerprint density at radius 2 is 1.59 bits per heavy atom. The van der Waals surface area contributed by atoms with E-state index in [-0.39, 0.29) is 3.18 Å². The maximum absolute atomic E-state index is 8.63. The topological polar surface area (TPSA) is 20.2 Å². The van der Waals surface area contributed by atoms with Gasteiger partial charge in [-0.05, 0) is 24.8 Å². The van der Waals surface area contributed by atoms with Crippen molar-refractivity contribution in [2.45, 2.75) is 24.1 Å². The maximum atomic E-state index is 8.63. The van der Waals surface area contributed by atoms with Gasteiger partial charge >= 0.3 is 3.18 Å². The van der Waals surface area contributed by atoms with Crippen molar-refractivity contribution in [1.82, 2.24) is 0 Å². The summed E-state index contributed by atoms with van der Waals surface area (Å²) in [5.74, 6) is 0. The third-order valence-electron chi connectivity index (χ3n) is 2.03. The third kappa shape index (κ3) is 12.0. The molecule has 0 aliphatic rings. The van der Waals surface area contributed by atoms with E-state index in [0.717, 1.165) is 19.3 Å². The van der Waals surface area contributed by atoms with Gasteiger partial charge in [0.05, 0.1) is 0 Å². The predicted octanol–water partition coefficient (Wildman–Crippen LogP) is 5.44. The fourth-order valence-corrected chi connectivity index (χ4v) is 1.89. The van der Waals surface area contributed by atoms with Crippen LogP contribution >= 0.6 is 63.2 Å². The first-order valence-corrected chi connectivity index (χ1v) is 8.96. The van der Waals surface area contributed by atoms with Crippen molar-refractivity contribution >= 4 is 66.4 Å². The van der Waals surface area contributed by atoms with Crippen molar-refractivity contribution in [3.05, 3.63) is 35.9 Å². The Bertz CT molecular complexity index is 269. The van der Waals surface area contributed by atoms with Crippen LogP contribution in [-0.4, -0.2) is 14.9 Å². The summed E-state index contributed by atoms with van der Waals surface area (Å²) in [4.78, 5) is 0.431. The molecule has 0 radical (unpaired) electrons. The molecule has 6 heteroatoms. The molecule has 1 rings (SSSR count). The minimum absolute atomic E-state index is 0.271.